The maximum atomic E-state index is 14.1. The van der Waals surface area contributed by atoms with E-state index < -0.39 is 52.3 Å². The molecule has 0 aromatic heterocycles. The molecule has 232 valence electrons. The van der Waals surface area contributed by atoms with Crippen LogP contribution in [-0.4, -0.2) is 93.3 Å². The number of carbonyl (C=O) groups excluding carboxylic acids is 2. The molecule has 0 aliphatic carbocycles. The van der Waals surface area contributed by atoms with Crippen LogP contribution in [0.5, 0.6) is 11.5 Å². The quantitative estimate of drug-likeness (QED) is 0.146. The van der Waals surface area contributed by atoms with Crippen LogP contribution >= 0.6 is 11.8 Å². The number of thioether (sulfide) groups is 1. The number of nitro groups is 1. The highest BCUT2D eigenvalue weighted by molar-refractivity contribution is 7.98. The van der Waals surface area contributed by atoms with Crippen LogP contribution in [0.1, 0.15) is 30.5 Å². The molecule has 2 amide bonds. The molecule has 5 rings (SSSR count). The van der Waals surface area contributed by atoms with Gasteiger partial charge in [-0.2, -0.15) is 16.3 Å². The number of nitrogens with one attached hydrogen (secondary N) is 1. The Hall–Kier alpha value is -4.30. The predicted molar refractivity (Wildman–Crippen MR) is 162 cm³/mol. The summed E-state index contributed by atoms with van der Waals surface area (Å²) in [5, 5.41) is 25.4. The van der Waals surface area contributed by atoms with Crippen LogP contribution in [0.3, 0.4) is 0 Å². The number of rotatable bonds is 13. The summed E-state index contributed by atoms with van der Waals surface area (Å²) in [6.45, 7) is 1.62. The Labute approximate surface area is 258 Å². The first-order valence-corrected chi connectivity index (χ1v) is 15.5. The van der Waals surface area contributed by atoms with E-state index in [2.05, 4.69) is 10.3 Å². The van der Waals surface area contributed by atoms with E-state index in [1.54, 1.807) is 25.1 Å². The molecule has 5 unspecified atom stereocenters. The third-order valence-electron chi connectivity index (χ3n) is 8.53. The standard InChI is InChI=1S/C30H33N5O8S/c1-18-31-16-22(35(40)41)33(18)13-14-34-27(36)23-24(28(34)37)30(29(38)39,12-15-44-3)32-25(23)20-10-7-11-21(42-2)26(20)43-17-19-8-5-4-6-9-19/h4-11,16,22-25,32H,12-15,17H2,1-3H3/p+1. The van der Waals surface area contributed by atoms with Gasteiger partial charge in [-0.1, -0.05) is 42.5 Å². The lowest BCUT2D eigenvalue weighted by Crippen LogP contribution is -2.56. The van der Waals surface area contributed by atoms with Gasteiger partial charge >= 0.3 is 12.1 Å². The first-order chi connectivity index (χ1) is 21.1. The van der Waals surface area contributed by atoms with Crippen LogP contribution in [-0.2, 0) is 21.0 Å². The summed E-state index contributed by atoms with van der Waals surface area (Å²) < 4.78 is 13.3. The molecule has 2 fully saturated rings. The topological polar surface area (TPSA) is 164 Å². The van der Waals surface area contributed by atoms with Crippen molar-refractivity contribution in [3.63, 3.8) is 0 Å². The van der Waals surface area contributed by atoms with Gasteiger partial charge in [-0.25, -0.2) is 0 Å². The second-order valence-corrected chi connectivity index (χ2v) is 11.8. The number of ether oxygens (including phenoxy) is 2. The summed E-state index contributed by atoms with van der Waals surface area (Å²) >= 11 is 1.44. The number of amides is 2. The second-order valence-electron chi connectivity index (χ2n) is 10.8. The first kappa shape index (κ1) is 31.1. The molecule has 14 heteroatoms. The summed E-state index contributed by atoms with van der Waals surface area (Å²) in [5.74, 6) is -3.10. The van der Waals surface area contributed by atoms with Crippen LogP contribution in [0.25, 0.3) is 0 Å². The van der Waals surface area contributed by atoms with Crippen molar-refractivity contribution in [2.24, 2.45) is 16.8 Å². The fourth-order valence-electron chi connectivity index (χ4n) is 6.36. The van der Waals surface area contributed by atoms with Gasteiger partial charge in [0.2, 0.25) is 18.0 Å². The van der Waals surface area contributed by atoms with Gasteiger partial charge in [0.05, 0.1) is 30.4 Å². The molecule has 2 saturated heterocycles. The summed E-state index contributed by atoms with van der Waals surface area (Å²) in [6, 6.07) is 13.8. The normalized spacial score (nSPS) is 25.9. The molecule has 13 nitrogen and oxygen atoms in total. The molecule has 3 heterocycles. The van der Waals surface area contributed by atoms with Gasteiger partial charge in [-0.3, -0.25) is 34.7 Å². The molecule has 2 aromatic rings. The average Bonchev–Trinajstić information content (AvgIpc) is 3.65. The van der Waals surface area contributed by atoms with Crippen molar-refractivity contribution >= 4 is 41.6 Å². The van der Waals surface area contributed by atoms with Crippen molar-refractivity contribution in [3.05, 3.63) is 69.8 Å². The minimum atomic E-state index is -1.73. The lowest BCUT2D eigenvalue weighted by atomic mass is 9.78. The van der Waals surface area contributed by atoms with E-state index in [0.29, 0.717) is 28.7 Å². The van der Waals surface area contributed by atoms with Gasteiger partial charge in [0, 0.05) is 18.5 Å². The summed E-state index contributed by atoms with van der Waals surface area (Å²) in [4.78, 5) is 57.3. The highest BCUT2D eigenvalue weighted by Gasteiger charge is 2.68. The molecule has 0 saturated carbocycles. The van der Waals surface area contributed by atoms with Crippen molar-refractivity contribution in [1.29, 1.82) is 0 Å². The van der Waals surface area contributed by atoms with E-state index in [9.17, 15) is 29.6 Å². The molecule has 3 aliphatic rings. The first-order valence-electron chi connectivity index (χ1n) is 14.1. The molecular weight excluding hydrogens is 590 g/mol. The van der Waals surface area contributed by atoms with E-state index in [1.807, 2.05) is 36.6 Å². The van der Waals surface area contributed by atoms with Gasteiger partial charge in [-0.15, -0.1) is 0 Å². The minimum absolute atomic E-state index is 0.0258. The highest BCUT2D eigenvalue weighted by Crippen LogP contribution is 2.52. The van der Waals surface area contributed by atoms with E-state index in [4.69, 9.17) is 9.47 Å². The number of hydrogen-bond acceptors (Lipinski definition) is 10. The number of para-hydroxylation sites is 1. The van der Waals surface area contributed by atoms with Crippen molar-refractivity contribution in [1.82, 2.24) is 10.2 Å². The number of carbonyl (C=O) groups is 3. The highest BCUT2D eigenvalue weighted by atomic mass is 32.2. The maximum Gasteiger partial charge on any atom is 0.405 e. The van der Waals surface area contributed by atoms with E-state index in [-0.39, 0.29) is 26.1 Å². The molecule has 0 spiro atoms. The second kappa shape index (κ2) is 12.7. The predicted octanol–water partition coefficient (Wildman–Crippen LogP) is 2.21. The van der Waals surface area contributed by atoms with Gasteiger partial charge in [0.15, 0.2) is 11.5 Å². The monoisotopic (exact) mass is 624 g/mol. The zero-order chi connectivity index (χ0) is 31.6. The number of aliphatic imine (C=N–C) groups is 1. The Kier molecular flexibility index (Phi) is 9.02. The van der Waals surface area contributed by atoms with Gasteiger partial charge in [0.25, 0.3) is 5.84 Å². The number of carboxylic acids is 1. The van der Waals surface area contributed by atoms with Crippen LogP contribution in [0, 0.1) is 22.0 Å². The third-order valence-corrected chi connectivity index (χ3v) is 9.14. The lowest BCUT2D eigenvalue weighted by Gasteiger charge is -2.31. The van der Waals surface area contributed by atoms with Crippen molar-refractivity contribution in [2.45, 2.75) is 37.7 Å². The summed E-state index contributed by atoms with van der Waals surface area (Å²) in [6.07, 6.45) is 1.93. The van der Waals surface area contributed by atoms with Crippen LogP contribution in [0.15, 0.2) is 53.5 Å². The molecule has 2 N–H and O–H groups in total. The Morgan fingerprint density at radius 2 is 1.95 bits per heavy atom. The maximum absolute atomic E-state index is 14.1. The fourth-order valence-corrected chi connectivity index (χ4v) is 6.89. The molecule has 3 aliphatic heterocycles. The third kappa shape index (κ3) is 5.43. The number of carboxylic acid groups (broad SMARTS) is 1. The number of amidine groups is 1. The number of imide groups is 1. The minimum Gasteiger partial charge on any atom is -0.493 e. The Bertz CT molecular complexity index is 1530. The van der Waals surface area contributed by atoms with Gasteiger partial charge in [0.1, 0.15) is 18.7 Å². The van der Waals surface area contributed by atoms with Crippen molar-refractivity contribution < 1.29 is 38.5 Å². The Morgan fingerprint density at radius 3 is 2.61 bits per heavy atom. The van der Waals surface area contributed by atoms with E-state index in [0.717, 1.165) is 10.5 Å². The molecular formula is C30H34N5O8S+. The van der Waals surface area contributed by atoms with Crippen LogP contribution in [0.4, 0.5) is 0 Å². The number of fused-ring (bicyclic) bond motifs is 1. The molecule has 0 radical (unpaired) electrons. The fraction of sp³-hybridized carbons (Fsp3) is 0.433. The average molecular weight is 625 g/mol. The van der Waals surface area contributed by atoms with Crippen LogP contribution < -0.4 is 14.8 Å². The molecule has 44 heavy (non-hydrogen) atoms. The number of methoxy groups -OCH3 is 1. The zero-order valence-electron chi connectivity index (χ0n) is 24.5. The lowest BCUT2D eigenvalue weighted by molar-refractivity contribution is -0.735. The van der Waals surface area contributed by atoms with Crippen LogP contribution in [0.2, 0.25) is 0 Å². The molecule has 0 bridgehead atoms. The number of nitrogens with zero attached hydrogens (tertiary/aromatic N) is 4. The molecule has 5 atom stereocenters. The van der Waals surface area contributed by atoms with E-state index >= 15 is 0 Å². The van der Waals surface area contributed by atoms with E-state index in [1.165, 1.54) is 29.7 Å². The number of benzene rings is 2. The number of hydrogen-bond donors (Lipinski definition) is 2. The molecule has 2 aromatic carbocycles. The Morgan fingerprint density at radius 1 is 1.20 bits per heavy atom. The zero-order valence-corrected chi connectivity index (χ0v) is 25.4. The SMILES string of the molecule is COc1cccc(C2NC(CCSC)(C(=O)O)C3C(=O)N(CC[N+]4=C(C)N=CC4[N+](=O)[O-])C(=O)C23)c1OCc1ccccc1. The largest absolute Gasteiger partial charge is 0.493 e. The number of likely N-dealkylation sites (tertiary alicyclic amines) is 1. The Balaban J connectivity index is 1.53. The summed E-state index contributed by atoms with van der Waals surface area (Å²) in [5.41, 5.74) is -0.344. The van der Waals surface area contributed by atoms with Gasteiger partial charge < -0.3 is 14.6 Å². The number of aliphatic carboxylic acids is 1. The van der Waals surface area contributed by atoms with Gasteiger partial charge in [-0.05, 0) is 35.1 Å². The smallest absolute Gasteiger partial charge is 0.405 e. The van der Waals surface area contributed by atoms with Crippen molar-refractivity contribution in [3.8, 4) is 11.5 Å². The van der Waals surface area contributed by atoms with Crippen molar-refractivity contribution in [2.75, 3.05) is 32.2 Å². The summed E-state index contributed by atoms with van der Waals surface area (Å²) in [7, 11) is 1.49.